The number of rotatable bonds is 10. The number of carbonyl (C=O) groups is 4. The summed E-state index contributed by atoms with van der Waals surface area (Å²) in [5.41, 5.74) is 1.24. The van der Waals surface area contributed by atoms with E-state index in [2.05, 4.69) is 0 Å². The molecule has 1 aliphatic rings. The zero-order chi connectivity index (χ0) is 26.4. The molecule has 190 valence electrons. The van der Waals surface area contributed by atoms with Crippen LogP contribution in [0.25, 0.3) is 6.08 Å². The monoisotopic (exact) mass is 533 g/mol. The second kappa shape index (κ2) is 12.0. The Bertz CT molecular complexity index is 1230. The molecule has 1 atom stereocenters. The molecule has 3 rings (SSSR count). The highest BCUT2D eigenvalue weighted by Gasteiger charge is 2.41. The Morgan fingerprint density at radius 3 is 2.56 bits per heavy atom. The van der Waals surface area contributed by atoms with Crippen molar-refractivity contribution in [2.75, 3.05) is 13.2 Å². The molecule has 1 heterocycles. The fraction of sp³-hybridized carbons (Fsp3) is 0.280. The van der Waals surface area contributed by atoms with Crippen LogP contribution in [0.3, 0.4) is 0 Å². The third-order valence-electron chi connectivity index (χ3n) is 5.03. The second-order valence-electron chi connectivity index (χ2n) is 7.54. The van der Waals surface area contributed by atoms with E-state index in [0.29, 0.717) is 35.2 Å². The number of esters is 1. The predicted molar refractivity (Wildman–Crippen MR) is 134 cm³/mol. The Hall–Kier alpha value is -3.50. The van der Waals surface area contributed by atoms with Gasteiger partial charge in [-0.25, -0.2) is 9.59 Å². The smallest absolute Gasteiger partial charge is 0.335 e. The van der Waals surface area contributed by atoms with Crippen LogP contribution in [0.15, 0.2) is 41.3 Å². The molecular formula is C25H24ClNO8S. The van der Waals surface area contributed by atoms with Crippen LogP contribution in [0.5, 0.6) is 11.5 Å². The number of hydrogen-bond donors (Lipinski definition) is 1. The maximum atomic E-state index is 12.8. The number of benzene rings is 2. The third kappa shape index (κ3) is 6.19. The van der Waals surface area contributed by atoms with Gasteiger partial charge < -0.3 is 19.3 Å². The highest BCUT2D eigenvalue weighted by Crippen LogP contribution is 2.40. The van der Waals surface area contributed by atoms with E-state index >= 15 is 0 Å². The molecule has 36 heavy (non-hydrogen) atoms. The number of aromatic carboxylic acids is 1. The van der Waals surface area contributed by atoms with Gasteiger partial charge in [-0.05, 0) is 74.0 Å². The maximum Gasteiger partial charge on any atom is 0.335 e. The van der Waals surface area contributed by atoms with Gasteiger partial charge in [0.25, 0.3) is 11.1 Å². The lowest BCUT2D eigenvalue weighted by Gasteiger charge is -2.19. The number of ether oxygens (including phenoxy) is 3. The summed E-state index contributed by atoms with van der Waals surface area (Å²) in [4.78, 5) is 49.5. The highest BCUT2D eigenvalue weighted by atomic mass is 35.5. The van der Waals surface area contributed by atoms with E-state index in [0.717, 1.165) is 4.90 Å². The molecule has 0 aromatic heterocycles. The molecule has 11 heteroatoms. The zero-order valence-electron chi connectivity index (χ0n) is 19.8. The van der Waals surface area contributed by atoms with Crippen LogP contribution < -0.4 is 9.47 Å². The Morgan fingerprint density at radius 1 is 1.14 bits per heavy atom. The lowest BCUT2D eigenvalue weighted by molar-refractivity contribution is -0.150. The van der Waals surface area contributed by atoms with E-state index in [-0.39, 0.29) is 34.5 Å². The first kappa shape index (κ1) is 27.1. The van der Waals surface area contributed by atoms with Crippen molar-refractivity contribution in [3.05, 3.63) is 63.0 Å². The van der Waals surface area contributed by atoms with Gasteiger partial charge >= 0.3 is 11.9 Å². The van der Waals surface area contributed by atoms with Gasteiger partial charge in [-0.2, -0.15) is 0 Å². The molecule has 0 spiro atoms. The maximum absolute atomic E-state index is 12.8. The molecular weight excluding hydrogens is 510 g/mol. The van der Waals surface area contributed by atoms with Crippen LogP contribution >= 0.6 is 23.4 Å². The fourth-order valence-corrected chi connectivity index (χ4v) is 4.54. The van der Waals surface area contributed by atoms with Gasteiger partial charge in [0.1, 0.15) is 12.6 Å². The first-order chi connectivity index (χ1) is 17.2. The summed E-state index contributed by atoms with van der Waals surface area (Å²) < 4.78 is 16.4. The predicted octanol–water partition coefficient (Wildman–Crippen LogP) is 5.00. The molecule has 2 aromatic carbocycles. The summed E-state index contributed by atoms with van der Waals surface area (Å²) in [6.07, 6.45) is 1.48. The van der Waals surface area contributed by atoms with Crippen LogP contribution in [0.2, 0.25) is 5.02 Å². The summed E-state index contributed by atoms with van der Waals surface area (Å²) in [5.74, 6) is -1.77. The summed E-state index contributed by atoms with van der Waals surface area (Å²) in [6, 6.07) is 8.43. The van der Waals surface area contributed by atoms with Crippen LogP contribution in [-0.2, 0) is 20.9 Å². The lowest BCUT2D eigenvalue weighted by atomic mass is 10.1. The first-order valence-corrected chi connectivity index (χ1v) is 12.2. The van der Waals surface area contributed by atoms with E-state index in [4.69, 9.17) is 25.8 Å². The Labute approximate surface area is 217 Å². The average Bonchev–Trinajstić information content (AvgIpc) is 3.11. The van der Waals surface area contributed by atoms with E-state index < -0.39 is 29.1 Å². The molecule has 1 N–H and O–H groups in total. The largest absolute Gasteiger partial charge is 0.490 e. The summed E-state index contributed by atoms with van der Waals surface area (Å²) in [7, 11) is 0. The van der Waals surface area contributed by atoms with E-state index in [9.17, 15) is 24.3 Å². The molecule has 0 aliphatic carbocycles. The number of amides is 2. The van der Waals surface area contributed by atoms with Crippen molar-refractivity contribution >= 4 is 52.5 Å². The number of imide groups is 1. The summed E-state index contributed by atoms with van der Waals surface area (Å²) >= 11 is 7.17. The zero-order valence-corrected chi connectivity index (χ0v) is 21.4. The number of hydrogen-bond acceptors (Lipinski definition) is 8. The van der Waals surface area contributed by atoms with Crippen molar-refractivity contribution in [2.45, 2.75) is 33.4 Å². The number of carboxylic acids is 1. The Balaban J connectivity index is 1.85. The minimum absolute atomic E-state index is 0.0465. The number of carbonyl (C=O) groups excluding carboxylic acids is 3. The molecule has 1 aliphatic heterocycles. The molecule has 2 amide bonds. The minimum Gasteiger partial charge on any atom is -0.490 e. The van der Waals surface area contributed by atoms with Gasteiger partial charge in [0.05, 0.1) is 28.7 Å². The van der Waals surface area contributed by atoms with Gasteiger partial charge in [0.15, 0.2) is 11.5 Å². The van der Waals surface area contributed by atoms with Crippen LogP contribution in [0.4, 0.5) is 4.79 Å². The molecule has 1 fully saturated rings. The van der Waals surface area contributed by atoms with Gasteiger partial charge in [-0.15, -0.1) is 0 Å². The molecule has 9 nitrogen and oxygen atoms in total. The molecule has 0 unspecified atom stereocenters. The van der Waals surface area contributed by atoms with Crippen molar-refractivity contribution in [3.63, 3.8) is 0 Å². The lowest BCUT2D eigenvalue weighted by Crippen LogP contribution is -2.42. The summed E-state index contributed by atoms with van der Waals surface area (Å²) in [5, 5.41) is 8.79. The number of thioether (sulfide) groups is 1. The van der Waals surface area contributed by atoms with Crippen molar-refractivity contribution in [3.8, 4) is 11.5 Å². The van der Waals surface area contributed by atoms with Gasteiger partial charge in [0, 0.05) is 0 Å². The minimum atomic E-state index is -1.05. The van der Waals surface area contributed by atoms with Gasteiger partial charge in [-0.1, -0.05) is 23.7 Å². The average molecular weight is 534 g/mol. The molecule has 1 saturated heterocycles. The Kier molecular flexibility index (Phi) is 9.00. The van der Waals surface area contributed by atoms with Crippen LogP contribution in [-0.4, -0.2) is 52.3 Å². The molecule has 2 aromatic rings. The van der Waals surface area contributed by atoms with Crippen molar-refractivity contribution in [2.24, 2.45) is 0 Å². The Morgan fingerprint density at radius 2 is 1.89 bits per heavy atom. The van der Waals surface area contributed by atoms with Gasteiger partial charge in [-0.3, -0.25) is 14.5 Å². The first-order valence-electron chi connectivity index (χ1n) is 11.0. The second-order valence-corrected chi connectivity index (χ2v) is 8.94. The number of nitrogens with zero attached hydrogens (tertiary/aromatic N) is 1. The molecule has 0 saturated carbocycles. The van der Waals surface area contributed by atoms with Crippen molar-refractivity contribution < 1.29 is 38.5 Å². The van der Waals surface area contributed by atoms with Crippen LogP contribution in [0, 0.1) is 0 Å². The van der Waals surface area contributed by atoms with Gasteiger partial charge in [0.2, 0.25) is 0 Å². The SMILES string of the molecule is CCOC(=O)[C@@H](C)N1C(=O)S/C(=C/c2cc(Cl)c(OCc3cccc(C(=O)O)c3)c(OCC)c2)C1=O. The fourth-order valence-electron chi connectivity index (χ4n) is 3.36. The molecule has 0 radical (unpaired) electrons. The van der Waals surface area contributed by atoms with Crippen LogP contribution in [0.1, 0.15) is 42.3 Å². The van der Waals surface area contributed by atoms with E-state index in [1.165, 1.54) is 25.1 Å². The number of halogens is 1. The van der Waals surface area contributed by atoms with E-state index in [1.807, 2.05) is 0 Å². The highest BCUT2D eigenvalue weighted by molar-refractivity contribution is 8.18. The van der Waals surface area contributed by atoms with Crippen molar-refractivity contribution in [1.29, 1.82) is 0 Å². The topological polar surface area (TPSA) is 119 Å². The normalized spacial score (nSPS) is 15.2. The third-order valence-corrected chi connectivity index (χ3v) is 6.19. The van der Waals surface area contributed by atoms with E-state index in [1.54, 1.807) is 38.1 Å². The van der Waals surface area contributed by atoms with Crippen molar-refractivity contribution in [1.82, 2.24) is 4.90 Å². The standard InChI is InChI=1S/C25H24ClNO8S/c1-4-33-19-11-16(12-20-22(28)27(25(32)36-20)14(3)24(31)34-5-2)10-18(26)21(19)35-13-15-7-6-8-17(9-15)23(29)30/h6-12,14H,4-5,13H2,1-3H3,(H,29,30)/b20-12+/t14-/m1/s1. The summed E-state index contributed by atoms with van der Waals surface area (Å²) in [6.45, 7) is 5.33. The molecule has 0 bridgehead atoms. The quantitative estimate of drug-likeness (QED) is 0.332. The number of carboxylic acid groups (broad SMARTS) is 1.